The largest absolute Gasteiger partial charge is 0.444 e. The zero-order valence-electron chi connectivity index (χ0n) is 22.8. The first-order valence-corrected chi connectivity index (χ1v) is 12.6. The van der Waals surface area contributed by atoms with Crippen molar-refractivity contribution in [2.75, 3.05) is 36.4 Å². The van der Waals surface area contributed by atoms with Crippen LogP contribution in [0.25, 0.3) is 0 Å². The molecule has 1 aliphatic rings. The molecule has 0 saturated carbocycles. The van der Waals surface area contributed by atoms with Crippen LogP contribution in [-0.2, 0) is 4.74 Å². The molecular formula is C29H31N7O3. The van der Waals surface area contributed by atoms with E-state index < -0.39 is 5.60 Å². The lowest BCUT2D eigenvalue weighted by Crippen LogP contribution is -2.50. The number of anilines is 3. The van der Waals surface area contributed by atoms with Crippen LogP contribution < -0.4 is 15.0 Å². The maximum Gasteiger partial charge on any atom is 0.410 e. The Hall–Kier alpha value is -4.83. The summed E-state index contributed by atoms with van der Waals surface area (Å²) in [5, 5.41) is 22.2. The van der Waals surface area contributed by atoms with Gasteiger partial charge < -0.3 is 24.6 Å². The minimum Gasteiger partial charge on any atom is -0.444 e. The Labute approximate surface area is 228 Å². The average Bonchev–Trinajstić information content (AvgIpc) is 2.90. The maximum absolute atomic E-state index is 12.4. The number of nitrogens with zero attached hydrogens (tertiary/aromatic N) is 6. The Morgan fingerprint density at radius 1 is 1.00 bits per heavy atom. The van der Waals surface area contributed by atoms with Crippen LogP contribution in [0.1, 0.15) is 43.0 Å². The number of aromatic nitrogens is 2. The van der Waals surface area contributed by atoms with Gasteiger partial charge in [-0.1, -0.05) is 0 Å². The van der Waals surface area contributed by atoms with E-state index in [1.165, 1.54) is 0 Å². The normalized spacial score (nSPS) is 13.3. The second-order valence-corrected chi connectivity index (χ2v) is 10.3. The summed E-state index contributed by atoms with van der Waals surface area (Å²) >= 11 is 0. The van der Waals surface area contributed by atoms with Gasteiger partial charge in [0.2, 0.25) is 11.8 Å². The molecule has 10 nitrogen and oxygen atoms in total. The van der Waals surface area contributed by atoms with Crippen molar-refractivity contribution in [2.45, 2.75) is 40.2 Å². The minimum atomic E-state index is -0.540. The van der Waals surface area contributed by atoms with E-state index >= 15 is 0 Å². The number of hydrogen-bond acceptors (Lipinski definition) is 9. The van der Waals surface area contributed by atoms with Crippen molar-refractivity contribution in [3.8, 4) is 23.8 Å². The van der Waals surface area contributed by atoms with Crippen molar-refractivity contribution in [2.24, 2.45) is 0 Å². The van der Waals surface area contributed by atoms with Crippen LogP contribution in [0.3, 0.4) is 0 Å². The SMILES string of the molecule is Cc1cc(C#N)cc(C)c1Oc1ccnc(Nc2ccc(N3CCN(C(=O)OC(C)(C)C)CC3)c(C#N)c2)n1. The van der Waals surface area contributed by atoms with E-state index in [0.29, 0.717) is 60.6 Å². The molecule has 2 heterocycles. The third-order valence-corrected chi connectivity index (χ3v) is 6.07. The molecule has 0 bridgehead atoms. The molecule has 10 heteroatoms. The first-order chi connectivity index (χ1) is 18.6. The highest BCUT2D eigenvalue weighted by atomic mass is 16.6. The predicted octanol–water partition coefficient (Wildman–Crippen LogP) is 5.43. The van der Waals surface area contributed by atoms with Gasteiger partial charge in [-0.25, -0.2) is 9.78 Å². The van der Waals surface area contributed by atoms with Crippen LogP contribution in [-0.4, -0.2) is 52.7 Å². The van der Waals surface area contributed by atoms with Gasteiger partial charge in [0.1, 0.15) is 17.4 Å². The fraction of sp³-hybridized carbons (Fsp3) is 0.345. The summed E-state index contributed by atoms with van der Waals surface area (Å²) in [5.41, 5.74) is 3.66. The molecule has 3 aromatic rings. The molecule has 200 valence electrons. The zero-order valence-corrected chi connectivity index (χ0v) is 22.8. The monoisotopic (exact) mass is 525 g/mol. The Morgan fingerprint density at radius 2 is 1.69 bits per heavy atom. The van der Waals surface area contributed by atoms with Crippen molar-refractivity contribution in [3.63, 3.8) is 0 Å². The molecule has 1 aromatic heterocycles. The second kappa shape index (κ2) is 11.3. The number of ether oxygens (including phenoxy) is 2. The number of nitrogens with one attached hydrogen (secondary N) is 1. The topological polar surface area (TPSA) is 127 Å². The summed E-state index contributed by atoms with van der Waals surface area (Å²) in [7, 11) is 0. The van der Waals surface area contributed by atoms with Crippen LogP contribution in [0.15, 0.2) is 42.6 Å². The van der Waals surface area contributed by atoms with Crippen LogP contribution >= 0.6 is 0 Å². The predicted molar refractivity (Wildman–Crippen MR) is 147 cm³/mol. The van der Waals surface area contributed by atoms with E-state index in [4.69, 9.17) is 9.47 Å². The van der Waals surface area contributed by atoms with Gasteiger partial charge in [0, 0.05) is 44.1 Å². The smallest absolute Gasteiger partial charge is 0.410 e. The quantitative estimate of drug-likeness (QED) is 0.464. The molecule has 2 aromatic carbocycles. The maximum atomic E-state index is 12.4. The van der Waals surface area contributed by atoms with Gasteiger partial charge in [-0.3, -0.25) is 0 Å². The number of carbonyl (C=O) groups excluding carboxylic acids is 1. The molecule has 1 fully saturated rings. The van der Waals surface area contributed by atoms with Gasteiger partial charge in [-0.2, -0.15) is 15.5 Å². The zero-order chi connectivity index (χ0) is 28.2. The highest BCUT2D eigenvalue weighted by Crippen LogP contribution is 2.30. The van der Waals surface area contributed by atoms with E-state index in [1.807, 2.05) is 46.8 Å². The Balaban J connectivity index is 1.44. The van der Waals surface area contributed by atoms with E-state index in [-0.39, 0.29) is 6.09 Å². The molecule has 0 unspecified atom stereocenters. The van der Waals surface area contributed by atoms with Crippen molar-refractivity contribution in [1.82, 2.24) is 14.9 Å². The summed E-state index contributed by atoms with van der Waals surface area (Å²) in [6.45, 7) is 11.5. The molecule has 4 rings (SSSR count). The third-order valence-electron chi connectivity index (χ3n) is 6.07. The van der Waals surface area contributed by atoms with Gasteiger partial charge in [-0.05, 0) is 76.1 Å². The molecule has 1 N–H and O–H groups in total. The van der Waals surface area contributed by atoms with Crippen molar-refractivity contribution >= 4 is 23.4 Å². The number of rotatable bonds is 5. The number of amides is 1. The molecule has 0 aliphatic carbocycles. The summed E-state index contributed by atoms with van der Waals surface area (Å²) in [5.74, 6) is 1.31. The second-order valence-electron chi connectivity index (χ2n) is 10.3. The van der Waals surface area contributed by atoms with Gasteiger partial charge in [0.25, 0.3) is 0 Å². The molecule has 1 saturated heterocycles. The van der Waals surface area contributed by atoms with Crippen LogP contribution in [0, 0.1) is 36.5 Å². The fourth-order valence-electron chi connectivity index (χ4n) is 4.30. The van der Waals surface area contributed by atoms with Crippen LogP contribution in [0.5, 0.6) is 11.6 Å². The number of hydrogen-bond donors (Lipinski definition) is 1. The third kappa shape index (κ3) is 6.74. The number of nitriles is 2. The van der Waals surface area contributed by atoms with Crippen LogP contribution in [0.2, 0.25) is 0 Å². The van der Waals surface area contributed by atoms with Gasteiger partial charge in [-0.15, -0.1) is 0 Å². The number of piperazine rings is 1. The lowest BCUT2D eigenvalue weighted by Gasteiger charge is -2.37. The summed E-state index contributed by atoms with van der Waals surface area (Å²) in [6.07, 6.45) is 1.26. The molecule has 1 amide bonds. The minimum absolute atomic E-state index is 0.319. The Kier molecular flexibility index (Phi) is 7.87. The number of carbonyl (C=O) groups is 1. The van der Waals surface area contributed by atoms with Gasteiger partial charge >= 0.3 is 6.09 Å². The van der Waals surface area contributed by atoms with Crippen LogP contribution in [0.4, 0.5) is 22.1 Å². The lowest BCUT2D eigenvalue weighted by atomic mass is 10.1. The Bertz CT molecular complexity index is 1440. The number of aryl methyl sites for hydroxylation is 2. The van der Waals surface area contributed by atoms with Crippen molar-refractivity contribution < 1.29 is 14.3 Å². The molecule has 39 heavy (non-hydrogen) atoms. The Morgan fingerprint density at radius 3 is 2.31 bits per heavy atom. The van der Waals surface area contributed by atoms with Gasteiger partial charge in [0.05, 0.1) is 22.9 Å². The van der Waals surface area contributed by atoms with Crippen molar-refractivity contribution in [3.05, 3.63) is 64.8 Å². The highest BCUT2D eigenvalue weighted by Gasteiger charge is 2.26. The standard InChI is InChI=1S/C29H31N7O3/c1-19-14-21(17-30)15-20(2)26(19)38-25-8-9-32-27(34-25)33-23-6-7-24(22(16-23)18-31)35-10-12-36(13-11-35)28(37)39-29(3,4)5/h6-9,14-16H,10-13H2,1-5H3,(H,32,33,34). The van der Waals surface area contributed by atoms with E-state index in [1.54, 1.807) is 35.4 Å². The highest BCUT2D eigenvalue weighted by molar-refractivity contribution is 5.70. The first-order valence-electron chi connectivity index (χ1n) is 12.6. The lowest BCUT2D eigenvalue weighted by molar-refractivity contribution is 0.0240. The molecule has 1 aliphatic heterocycles. The average molecular weight is 526 g/mol. The molecule has 0 radical (unpaired) electrons. The molecule has 0 atom stereocenters. The first kappa shape index (κ1) is 27.2. The molecular weight excluding hydrogens is 494 g/mol. The van der Waals surface area contributed by atoms with E-state index in [0.717, 1.165) is 16.8 Å². The molecule has 0 spiro atoms. The van der Waals surface area contributed by atoms with Gasteiger partial charge in [0.15, 0.2) is 0 Å². The fourth-order valence-corrected chi connectivity index (χ4v) is 4.30. The van der Waals surface area contributed by atoms with E-state index in [2.05, 4.69) is 32.3 Å². The summed E-state index contributed by atoms with van der Waals surface area (Å²) in [4.78, 5) is 24.9. The summed E-state index contributed by atoms with van der Waals surface area (Å²) < 4.78 is 11.5. The van der Waals surface area contributed by atoms with E-state index in [9.17, 15) is 15.3 Å². The summed E-state index contributed by atoms with van der Waals surface area (Å²) in [6, 6.07) is 15.1. The van der Waals surface area contributed by atoms with Crippen molar-refractivity contribution in [1.29, 1.82) is 10.5 Å². The number of benzene rings is 2.